The van der Waals surface area contributed by atoms with Gasteiger partial charge in [0.05, 0.1) is 0 Å². The third-order valence-electron chi connectivity index (χ3n) is 2.74. The molecule has 0 N–H and O–H groups in total. The fraction of sp³-hybridized carbons (Fsp3) is 0.231. The second kappa shape index (κ2) is 7.82. The van der Waals surface area contributed by atoms with Crippen molar-refractivity contribution in [2.75, 3.05) is 0 Å². The van der Waals surface area contributed by atoms with E-state index < -0.39 is 26.1 Å². The van der Waals surface area contributed by atoms with Crippen LogP contribution in [0.4, 0.5) is 0 Å². The van der Waals surface area contributed by atoms with E-state index in [4.69, 9.17) is 4.18 Å². The summed E-state index contributed by atoms with van der Waals surface area (Å²) in [7, 11) is -4.02. The molecule has 2 atom stereocenters. The molecule has 2 unspecified atom stereocenters. The summed E-state index contributed by atoms with van der Waals surface area (Å²) >= 11 is -2.70. The van der Waals surface area contributed by atoms with Gasteiger partial charge in [-0.25, -0.2) is 4.18 Å². The van der Waals surface area contributed by atoms with Crippen LogP contribution in [0.15, 0.2) is 54.6 Å². The first-order valence-corrected chi connectivity index (χ1v) is 8.50. The average molecular weight is 336 g/mol. The van der Waals surface area contributed by atoms with E-state index >= 15 is 0 Å². The fourth-order valence-corrected chi connectivity index (χ4v) is 3.99. The predicted molar refractivity (Wildman–Crippen MR) is 74.7 cm³/mol. The standard InChI is InChI=1S/C13H14O5S2.Na/c14-19(15)13(9-5-2-6-10-13)18-20(16,17)11-12-7-3-1-4-8-12;/h1-9H,10-11H2,(H,14,15);/q;+1/p-1. The number of rotatable bonds is 5. The molecule has 0 radical (unpaired) electrons. The van der Waals surface area contributed by atoms with Crippen molar-refractivity contribution in [1.82, 2.24) is 0 Å². The maximum absolute atomic E-state index is 12.0. The molecule has 1 aliphatic rings. The van der Waals surface area contributed by atoms with Gasteiger partial charge >= 0.3 is 29.6 Å². The SMILES string of the molecule is O=S([O-])C1(OS(=O)(=O)Cc2ccccc2)C=CC=CC1.[Na+]. The number of hydrogen-bond acceptors (Lipinski definition) is 5. The van der Waals surface area contributed by atoms with Gasteiger partial charge in [-0.1, -0.05) is 48.6 Å². The molecule has 0 saturated carbocycles. The van der Waals surface area contributed by atoms with E-state index in [1.165, 1.54) is 12.2 Å². The molecule has 0 saturated heterocycles. The first-order valence-electron chi connectivity index (χ1n) is 5.84. The zero-order valence-electron chi connectivity index (χ0n) is 11.5. The molecule has 0 bridgehead atoms. The normalized spacial score (nSPS) is 22.5. The van der Waals surface area contributed by atoms with Gasteiger partial charge < -0.3 is 4.55 Å². The smallest absolute Gasteiger partial charge is 0.770 e. The predicted octanol–water partition coefficient (Wildman–Crippen LogP) is -1.37. The molecule has 0 spiro atoms. The maximum atomic E-state index is 12.0. The van der Waals surface area contributed by atoms with Crippen LogP contribution in [0.25, 0.3) is 0 Å². The van der Waals surface area contributed by atoms with Gasteiger partial charge in [0.1, 0.15) is 5.75 Å². The quantitative estimate of drug-likeness (QED) is 0.376. The Bertz CT molecular complexity index is 654. The molecular formula is C13H13NaO5S2. The molecular weight excluding hydrogens is 323 g/mol. The molecule has 1 aliphatic carbocycles. The Morgan fingerprint density at radius 3 is 2.43 bits per heavy atom. The monoisotopic (exact) mass is 336 g/mol. The van der Waals surface area contributed by atoms with Crippen LogP contribution in [0.3, 0.4) is 0 Å². The Labute approximate surface area is 148 Å². The number of hydrogen-bond donors (Lipinski definition) is 0. The summed E-state index contributed by atoms with van der Waals surface area (Å²) in [5.41, 5.74) is 0.537. The summed E-state index contributed by atoms with van der Waals surface area (Å²) in [6.07, 6.45) is 5.84. The van der Waals surface area contributed by atoms with Crippen LogP contribution in [0.2, 0.25) is 0 Å². The van der Waals surface area contributed by atoms with E-state index in [9.17, 15) is 17.2 Å². The Hall–Kier alpha value is -0.280. The average Bonchev–Trinajstić information content (AvgIpc) is 2.39. The van der Waals surface area contributed by atoms with Gasteiger partial charge in [-0.3, -0.25) is 4.21 Å². The molecule has 8 heteroatoms. The number of allylic oxidation sites excluding steroid dienone is 2. The van der Waals surface area contributed by atoms with Crippen LogP contribution in [0, 0.1) is 0 Å². The van der Waals surface area contributed by atoms with Crippen molar-refractivity contribution >= 4 is 21.2 Å². The van der Waals surface area contributed by atoms with Gasteiger partial charge in [0.25, 0.3) is 10.1 Å². The van der Waals surface area contributed by atoms with Crippen LogP contribution < -0.4 is 29.6 Å². The van der Waals surface area contributed by atoms with E-state index in [2.05, 4.69) is 0 Å². The van der Waals surface area contributed by atoms with Crippen molar-refractivity contribution in [1.29, 1.82) is 0 Å². The van der Waals surface area contributed by atoms with Crippen molar-refractivity contribution in [2.45, 2.75) is 17.1 Å². The molecule has 5 nitrogen and oxygen atoms in total. The van der Waals surface area contributed by atoms with E-state index in [0.717, 1.165) is 0 Å². The Morgan fingerprint density at radius 1 is 1.24 bits per heavy atom. The van der Waals surface area contributed by atoms with Gasteiger partial charge in [-0.05, 0) is 22.7 Å². The summed E-state index contributed by atoms with van der Waals surface area (Å²) < 4.78 is 51.7. The van der Waals surface area contributed by atoms with Crippen LogP contribution in [-0.2, 0) is 31.1 Å². The van der Waals surface area contributed by atoms with E-state index in [1.807, 2.05) is 0 Å². The van der Waals surface area contributed by atoms with E-state index in [1.54, 1.807) is 42.5 Å². The Kier molecular flexibility index (Phi) is 6.99. The molecule has 0 aromatic heterocycles. The van der Waals surface area contributed by atoms with Gasteiger partial charge in [-0.15, -0.1) is 0 Å². The first-order chi connectivity index (χ1) is 9.44. The van der Waals surface area contributed by atoms with Gasteiger partial charge in [0, 0.05) is 6.42 Å². The molecule has 1 aromatic rings. The Balaban J connectivity index is 0.00000220. The molecule has 0 amide bonds. The van der Waals surface area contributed by atoms with Crippen LogP contribution in [0.5, 0.6) is 0 Å². The largest absolute Gasteiger partial charge is 1.00 e. The van der Waals surface area contributed by atoms with Crippen molar-refractivity contribution in [2.24, 2.45) is 0 Å². The molecule has 21 heavy (non-hydrogen) atoms. The second-order valence-electron chi connectivity index (χ2n) is 4.31. The third kappa shape index (κ3) is 5.14. The van der Waals surface area contributed by atoms with E-state index in [0.29, 0.717) is 5.56 Å². The first kappa shape index (κ1) is 18.8. The minimum absolute atomic E-state index is 0. The van der Waals surface area contributed by atoms with Crippen LogP contribution in [0.1, 0.15) is 12.0 Å². The Morgan fingerprint density at radius 2 is 1.90 bits per heavy atom. The zero-order valence-corrected chi connectivity index (χ0v) is 15.1. The van der Waals surface area contributed by atoms with Gasteiger partial charge in [0.2, 0.25) is 0 Å². The van der Waals surface area contributed by atoms with Crippen molar-refractivity contribution in [3.8, 4) is 0 Å². The minimum atomic E-state index is -4.02. The molecule has 0 aliphatic heterocycles. The van der Waals surface area contributed by atoms with Gasteiger partial charge in [0.15, 0.2) is 4.93 Å². The molecule has 0 heterocycles. The summed E-state index contributed by atoms with van der Waals surface area (Å²) in [6.45, 7) is 0. The van der Waals surface area contributed by atoms with Crippen molar-refractivity contribution in [3.05, 3.63) is 60.2 Å². The second-order valence-corrected chi connectivity index (χ2v) is 7.04. The van der Waals surface area contributed by atoms with Crippen molar-refractivity contribution in [3.63, 3.8) is 0 Å². The summed E-state index contributed by atoms with van der Waals surface area (Å²) in [5, 5.41) is 0. The van der Waals surface area contributed by atoms with Crippen molar-refractivity contribution < 1.29 is 50.9 Å². The summed E-state index contributed by atoms with van der Waals surface area (Å²) in [4.78, 5) is -1.84. The van der Waals surface area contributed by atoms with E-state index in [-0.39, 0.29) is 41.7 Å². The van der Waals surface area contributed by atoms with Crippen LogP contribution in [-0.4, -0.2) is 22.1 Å². The topological polar surface area (TPSA) is 83.5 Å². The third-order valence-corrected chi connectivity index (χ3v) is 5.03. The number of benzene rings is 1. The molecule has 1 aromatic carbocycles. The zero-order chi connectivity index (χ0) is 14.6. The minimum Gasteiger partial charge on any atom is -0.770 e. The summed E-state index contributed by atoms with van der Waals surface area (Å²) in [5.74, 6) is -0.371. The van der Waals surface area contributed by atoms with Crippen LogP contribution >= 0.6 is 0 Å². The molecule has 2 rings (SSSR count). The molecule has 0 fully saturated rings. The fourth-order valence-electron chi connectivity index (χ4n) is 1.82. The van der Waals surface area contributed by atoms with Gasteiger partial charge in [-0.2, -0.15) is 8.42 Å². The summed E-state index contributed by atoms with van der Waals surface area (Å²) in [6, 6.07) is 8.45. The maximum Gasteiger partial charge on any atom is 1.00 e. The molecule has 108 valence electrons.